The van der Waals surface area contributed by atoms with Crippen LogP contribution < -0.4 is 0 Å². The van der Waals surface area contributed by atoms with Gasteiger partial charge in [0.2, 0.25) is 0 Å². The highest BCUT2D eigenvalue weighted by atomic mass is 32.1. The standard InChI is InChI=1S/C8H9N3S/c1-7(8-9-4-6-12-8)11-5-2-3-10-11/h2-7H,1H3. The molecule has 0 aliphatic heterocycles. The van der Waals surface area contributed by atoms with Crippen molar-refractivity contribution >= 4 is 11.3 Å². The summed E-state index contributed by atoms with van der Waals surface area (Å²) >= 11 is 1.66. The third-order valence-corrected chi connectivity index (χ3v) is 2.68. The molecule has 0 saturated heterocycles. The predicted molar refractivity (Wildman–Crippen MR) is 48.2 cm³/mol. The zero-order valence-corrected chi connectivity index (χ0v) is 7.53. The average molecular weight is 179 g/mol. The van der Waals surface area contributed by atoms with Crippen LogP contribution in [0.25, 0.3) is 0 Å². The molecule has 0 bridgehead atoms. The van der Waals surface area contributed by atoms with E-state index in [2.05, 4.69) is 17.0 Å². The van der Waals surface area contributed by atoms with E-state index in [1.807, 2.05) is 28.5 Å². The van der Waals surface area contributed by atoms with E-state index in [-0.39, 0.29) is 6.04 Å². The maximum absolute atomic E-state index is 4.23. The van der Waals surface area contributed by atoms with Crippen molar-refractivity contribution in [2.45, 2.75) is 13.0 Å². The number of aromatic nitrogens is 3. The number of nitrogens with zero attached hydrogens (tertiary/aromatic N) is 3. The molecule has 0 spiro atoms. The van der Waals surface area contributed by atoms with Gasteiger partial charge >= 0.3 is 0 Å². The van der Waals surface area contributed by atoms with E-state index in [4.69, 9.17) is 0 Å². The summed E-state index contributed by atoms with van der Waals surface area (Å²) in [5.74, 6) is 0. The Morgan fingerprint density at radius 3 is 3.00 bits per heavy atom. The van der Waals surface area contributed by atoms with Crippen molar-refractivity contribution in [2.75, 3.05) is 0 Å². The topological polar surface area (TPSA) is 30.7 Å². The van der Waals surface area contributed by atoms with Gasteiger partial charge in [0.25, 0.3) is 0 Å². The van der Waals surface area contributed by atoms with Gasteiger partial charge in [0.05, 0.1) is 0 Å². The molecule has 0 amide bonds. The molecule has 2 rings (SSSR count). The first-order chi connectivity index (χ1) is 5.88. The predicted octanol–water partition coefficient (Wildman–Crippen LogP) is 1.95. The average Bonchev–Trinajstić information content (AvgIpc) is 2.77. The molecule has 0 fully saturated rings. The molecule has 2 heterocycles. The highest BCUT2D eigenvalue weighted by Gasteiger charge is 2.08. The normalized spacial score (nSPS) is 13.1. The molecular weight excluding hydrogens is 170 g/mol. The largest absolute Gasteiger partial charge is 0.263 e. The van der Waals surface area contributed by atoms with Crippen LogP contribution in [-0.4, -0.2) is 14.8 Å². The fourth-order valence-corrected chi connectivity index (χ4v) is 1.75. The van der Waals surface area contributed by atoms with Crippen molar-refractivity contribution in [3.05, 3.63) is 35.0 Å². The fourth-order valence-electron chi connectivity index (χ4n) is 1.06. The molecule has 4 heteroatoms. The van der Waals surface area contributed by atoms with Crippen LogP contribution in [0.3, 0.4) is 0 Å². The number of rotatable bonds is 2. The van der Waals surface area contributed by atoms with Crippen molar-refractivity contribution in [3.63, 3.8) is 0 Å². The first kappa shape index (κ1) is 7.49. The van der Waals surface area contributed by atoms with Crippen LogP contribution in [0.5, 0.6) is 0 Å². The fraction of sp³-hybridized carbons (Fsp3) is 0.250. The summed E-state index contributed by atoms with van der Waals surface area (Å²) < 4.78 is 1.90. The van der Waals surface area contributed by atoms with Crippen LogP contribution in [0.4, 0.5) is 0 Å². The molecule has 62 valence electrons. The molecule has 0 N–H and O–H groups in total. The van der Waals surface area contributed by atoms with Crippen molar-refractivity contribution in [2.24, 2.45) is 0 Å². The Morgan fingerprint density at radius 2 is 2.42 bits per heavy atom. The van der Waals surface area contributed by atoms with E-state index in [1.54, 1.807) is 17.5 Å². The Labute approximate surface area is 74.7 Å². The molecule has 1 unspecified atom stereocenters. The molecule has 0 aliphatic carbocycles. The Bertz CT molecular complexity index is 291. The Balaban J connectivity index is 2.27. The van der Waals surface area contributed by atoms with Gasteiger partial charge in [-0.25, -0.2) is 4.98 Å². The monoisotopic (exact) mass is 179 g/mol. The molecule has 1 atom stereocenters. The molecule has 0 radical (unpaired) electrons. The maximum atomic E-state index is 4.23. The van der Waals surface area contributed by atoms with Crippen LogP contribution in [0.1, 0.15) is 18.0 Å². The summed E-state index contributed by atoms with van der Waals surface area (Å²) in [6, 6.07) is 2.17. The molecular formula is C8H9N3S. The zero-order valence-electron chi connectivity index (χ0n) is 6.71. The van der Waals surface area contributed by atoms with Crippen LogP contribution in [0.2, 0.25) is 0 Å². The number of hydrogen-bond donors (Lipinski definition) is 0. The number of hydrogen-bond acceptors (Lipinski definition) is 3. The van der Waals surface area contributed by atoms with Gasteiger partial charge in [-0.05, 0) is 13.0 Å². The van der Waals surface area contributed by atoms with Gasteiger partial charge in [-0.15, -0.1) is 11.3 Å². The van der Waals surface area contributed by atoms with Gasteiger partial charge in [-0.2, -0.15) is 5.10 Å². The summed E-state index contributed by atoms with van der Waals surface area (Å²) in [6.45, 7) is 2.09. The Morgan fingerprint density at radius 1 is 1.50 bits per heavy atom. The molecule has 2 aromatic heterocycles. The lowest BCUT2D eigenvalue weighted by Crippen LogP contribution is -2.06. The lowest BCUT2D eigenvalue weighted by molar-refractivity contribution is 0.562. The summed E-state index contributed by atoms with van der Waals surface area (Å²) in [5, 5.41) is 7.23. The zero-order chi connectivity index (χ0) is 8.39. The van der Waals surface area contributed by atoms with E-state index in [1.165, 1.54) is 0 Å². The first-order valence-electron chi connectivity index (χ1n) is 3.76. The third kappa shape index (κ3) is 1.25. The highest BCUT2D eigenvalue weighted by molar-refractivity contribution is 7.09. The van der Waals surface area contributed by atoms with Crippen LogP contribution in [-0.2, 0) is 0 Å². The molecule has 2 aromatic rings. The van der Waals surface area contributed by atoms with Gasteiger partial charge in [0.1, 0.15) is 11.0 Å². The van der Waals surface area contributed by atoms with Gasteiger partial charge in [-0.1, -0.05) is 0 Å². The molecule has 12 heavy (non-hydrogen) atoms. The number of thiazole rings is 1. The molecule has 0 aliphatic rings. The molecule has 3 nitrogen and oxygen atoms in total. The van der Waals surface area contributed by atoms with Crippen molar-refractivity contribution in [3.8, 4) is 0 Å². The van der Waals surface area contributed by atoms with Gasteiger partial charge in [-0.3, -0.25) is 4.68 Å². The first-order valence-corrected chi connectivity index (χ1v) is 4.64. The Hall–Kier alpha value is -1.16. The second kappa shape index (κ2) is 3.06. The summed E-state index contributed by atoms with van der Waals surface area (Å²) in [6.07, 6.45) is 5.55. The van der Waals surface area contributed by atoms with Crippen LogP contribution >= 0.6 is 11.3 Å². The maximum Gasteiger partial charge on any atom is 0.117 e. The smallest absolute Gasteiger partial charge is 0.117 e. The molecule has 0 saturated carbocycles. The quantitative estimate of drug-likeness (QED) is 0.705. The van der Waals surface area contributed by atoms with E-state index >= 15 is 0 Å². The summed E-state index contributed by atoms with van der Waals surface area (Å²) in [4.78, 5) is 4.23. The lowest BCUT2D eigenvalue weighted by atomic mass is 10.4. The van der Waals surface area contributed by atoms with Crippen molar-refractivity contribution in [1.82, 2.24) is 14.8 Å². The minimum atomic E-state index is 0.250. The second-order valence-electron chi connectivity index (χ2n) is 2.53. The highest BCUT2D eigenvalue weighted by Crippen LogP contribution is 2.18. The SMILES string of the molecule is CC(c1nccs1)n1cccn1. The van der Waals surface area contributed by atoms with Gasteiger partial charge in [0, 0.05) is 24.0 Å². The van der Waals surface area contributed by atoms with Crippen molar-refractivity contribution in [1.29, 1.82) is 0 Å². The lowest BCUT2D eigenvalue weighted by Gasteiger charge is -2.07. The van der Waals surface area contributed by atoms with Gasteiger partial charge in [0.15, 0.2) is 0 Å². The van der Waals surface area contributed by atoms with Crippen LogP contribution in [0, 0.1) is 0 Å². The Kier molecular flexibility index (Phi) is 1.91. The minimum Gasteiger partial charge on any atom is -0.263 e. The van der Waals surface area contributed by atoms with E-state index in [0.717, 1.165) is 5.01 Å². The minimum absolute atomic E-state index is 0.250. The second-order valence-corrected chi connectivity index (χ2v) is 3.46. The van der Waals surface area contributed by atoms with E-state index in [0.29, 0.717) is 0 Å². The van der Waals surface area contributed by atoms with E-state index < -0.39 is 0 Å². The molecule has 0 aromatic carbocycles. The summed E-state index contributed by atoms with van der Waals surface area (Å²) in [7, 11) is 0. The van der Waals surface area contributed by atoms with Crippen LogP contribution in [0.15, 0.2) is 30.0 Å². The summed E-state index contributed by atoms with van der Waals surface area (Å²) in [5.41, 5.74) is 0. The van der Waals surface area contributed by atoms with Gasteiger partial charge < -0.3 is 0 Å². The van der Waals surface area contributed by atoms with Crippen molar-refractivity contribution < 1.29 is 0 Å². The third-order valence-electron chi connectivity index (χ3n) is 1.73. The van der Waals surface area contributed by atoms with E-state index in [9.17, 15) is 0 Å².